The standard InChI is InChI=1S/C20H23FN2O2/c21-19-9-5-4-6-16(19)14-23(17-10-11-17)15-20(24)22-12-13-25-18-7-2-1-3-8-18/h1-9,17H,10-15H2,(H,22,24). The van der Waals surface area contributed by atoms with E-state index in [1.165, 1.54) is 6.07 Å². The second-order valence-corrected chi connectivity index (χ2v) is 6.24. The van der Waals surface area contributed by atoms with Gasteiger partial charge in [0.25, 0.3) is 0 Å². The normalized spacial score (nSPS) is 13.7. The molecule has 25 heavy (non-hydrogen) atoms. The molecule has 0 saturated heterocycles. The summed E-state index contributed by atoms with van der Waals surface area (Å²) < 4.78 is 19.4. The minimum absolute atomic E-state index is 0.0556. The smallest absolute Gasteiger partial charge is 0.234 e. The van der Waals surface area contributed by atoms with Gasteiger partial charge in [0.1, 0.15) is 18.2 Å². The first-order chi connectivity index (χ1) is 12.2. The summed E-state index contributed by atoms with van der Waals surface area (Å²) in [5, 5.41) is 2.87. The molecule has 2 aromatic rings. The van der Waals surface area contributed by atoms with Crippen LogP contribution in [0.5, 0.6) is 5.75 Å². The van der Waals surface area contributed by atoms with Crippen molar-refractivity contribution >= 4 is 5.91 Å². The molecule has 0 unspecified atom stereocenters. The summed E-state index contributed by atoms with van der Waals surface area (Å²) >= 11 is 0. The van der Waals surface area contributed by atoms with Crippen LogP contribution in [-0.2, 0) is 11.3 Å². The van der Waals surface area contributed by atoms with E-state index >= 15 is 0 Å². The monoisotopic (exact) mass is 342 g/mol. The number of amides is 1. The molecule has 1 aliphatic rings. The summed E-state index contributed by atoms with van der Waals surface area (Å²) in [7, 11) is 0. The van der Waals surface area contributed by atoms with Gasteiger partial charge < -0.3 is 10.1 Å². The molecule has 0 heterocycles. The minimum atomic E-state index is -0.218. The highest BCUT2D eigenvalue weighted by Crippen LogP contribution is 2.28. The molecule has 1 N–H and O–H groups in total. The molecule has 0 aromatic heterocycles. The van der Waals surface area contributed by atoms with E-state index in [1.807, 2.05) is 41.3 Å². The molecule has 3 rings (SSSR count). The van der Waals surface area contributed by atoms with Gasteiger partial charge in [-0.25, -0.2) is 4.39 Å². The van der Waals surface area contributed by atoms with Crippen LogP contribution in [0.15, 0.2) is 54.6 Å². The number of rotatable bonds is 9. The number of para-hydroxylation sites is 1. The molecule has 0 spiro atoms. The lowest BCUT2D eigenvalue weighted by atomic mass is 10.2. The summed E-state index contributed by atoms with van der Waals surface area (Å²) in [4.78, 5) is 14.2. The van der Waals surface area contributed by atoms with Gasteiger partial charge in [0, 0.05) is 18.2 Å². The van der Waals surface area contributed by atoms with Gasteiger partial charge in [-0.05, 0) is 31.0 Å². The maximum absolute atomic E-state index is 13.8. The average Bonchev–Trinajstić information content (AvgIpc) is 3.46. The molecule has 132 valence electrons. The topological polar surface area (TPSA) is 41.6 Å². The van der Waals surface area contributed by atoms with Crippen molar-refractivity contribution < 1.29 is 13.9 Å². The van der Waals surface area contributed by atoms with Crippen LogP contribution >= 0.6 is 0 Å². The Hall–Kier alpha value is -2.40. The minimum Gasteiger partial charge on any atom is -0.492 e. The van der Waals surface area contributed by atoms with Gasteiger partial charge in [-0.1, -0.05) is 36.4 Å². The van der Waals surface area contributed by atoms with Crippen LogP contribution in [0, 0.1) is 5.82 Å². The highest BCUT2D eigenvalue weighted by molar-refractivity contribution is 5.78. The Bertz CT molecular complexity index is 689. The third-order valence-electron chi connectivity index (χ3n) is 4.18. The maximum Gasteiger partial charge on any atom is 0.234 e. The van der Waals surface area contributed by atoms with E-state index in [-0.39, 0.29) is 18.3 Å². The SMILES string of the molecule is O=C(CN(Cc1ccccc1F)C1CC1)NCCOc1ccccc1. The molecule has 1 aliphatic carbocycles. The first-order valence-corrected chi connectivity index (χ1v) is 8.64. The number of hydrogen-bond acceptors (Lipinski definition) is 3. The second-order valence-electron chi connectivity index (χ2n) is 6.24. The van der Waals surface area contributed by atoms with Gasteiger partial charge in [0.15, 0.2) is 0 Å². The fourth-order valence-electron chi connectivity index (χ4n) is 2.72. The molecule has 0 radical (unpaired) electrons. The number of ether oxygens (including phenoxy) is 1. The summed E-state index contributed by atoms with van der Waals surface area (Å²) in [5.74, 6) is 0.514. The van der Waals surface area contributed by atoms with E-state index < -0.39 is 0 Å². The van der Waals surface area contributed by atoms with Crippen LogP contribution in [0.2, 0.25) is 0 Å². The van der Waals surface area contributed by atoms with Gasteiger partial charge in [0.2, 0.25) is 5.91 Å². The van der Waals surface area contributed by atoms with E-state index in [1.54, 1.807) is 12.1 Å². The zero-order valence-corrected chi connectivity index (χ0v) is 14.2. The lowest BCUT2D eigenvalue weighted by Gasteiger charge is -2.21. The van der Waals surface area contributed by atoms with Crippen LogP contribution in [0.1, 0.15) is 18.4 Å². The van der Waals surface area contributed by atoms with Crippen molar-refractivity contribution in [1.82, 2.24) is 10.2 Å². The van der Waals surface area contributed by atoms with Crippen LogP contribution in [0.4, 0.5) is 4.39 Å². The first kappa shape index (κ1) is 17.4. The first-order valence-electron chi connectivity index (χ1n) is 8.64. The van der Waals surface area contributed by atoms with Gasteiger partial charge in [-0.2, -0.15) is 0 Å². The molecular weight excluding hydrogens is 319 g/mol. The predicted octanol–water partition coefficient (Wildman–Crippen LogP) is 2.99. The van der Waals surface area contributed by atoms with Crippen LogP contribution < -0.4 is 10.1 Å². The van der Waals surface area contributed by atoms with Crippen molar-refractivity contribution in [3.8, 4) is 5.75 Å². The fraction of sp³-hybridized carbons (Fsp3) is 0.350. The lowest BCUT2D eigenvalue weighted by molar-refractivity contribution is -0.122. The van der Waals surface area contributed by atoms with Crippen LogP contribution in [0.3, 0.4) is 0 Å². The van der Waals surface area contributed by atoms with Gasteiger partial charge in [0.05, 0.1) is 13.1 Å². The highest BCUT2D eigenvalue weighted by Gasteiger charge is 2.30. The maximum atomic E-state index is 13.8. The summed E-state index contributed by atoms with van der Waals surface area (Å²) in [6.45, 7) is 1.62. The van der Waals surface area contributed by atoms with Gasteiger partial charge in [-0.15, -0.1) is 0 Å². The van der Waals surface area contributed by atoms with Crippen molar-refractivity contribution in [2.75, 3.05) is 19.7 Å². The molecule has 1 amide bonds. The van der Waals surface area contributed by atoms with Crippen molar-refractivity contribution in [2.24, 2.45) is 0 Å². The largest absolute Gasteiger partial charge is 0.492 e. The van der Waals surface area contributed by atoms with E-state index in [4.69, 9.17) is 4.74 Å². The highest BCUT2D eigenvalue weighted by atomic mass is 19.1. The van der Waals surface area contributed by atoms with E-state index in [0.29, 0.717) is 31.3 Å². The molecule has 1 fully saturated rings. The number of nitrogens with zero attached hydrogens (tertiary/aromatic N) is 1. The molecule has 5 heteroatoms. The predicted molar refractivity (Wildman–Crippen MR) is 94.8 cm³/mol. The van der Waals surface area contributed by atoms with Crippen molar-refractivity contribution in [2.45, 2.75) is 25.4 Å². The summed E-state index contributed by atoms with van der Waals surface area (Å²) in [6, 6.07) is 16.6. The van der Waals surface area contributed by atoms with Crippen molar-refractivity contribution in [3.63, 3.8) is 0 Å². The molecule has 0 bridgehead atoms. The van der Waals surface area contributed by atoms with Crippen LogP contribution in [-0.4, -0.2) is 36.5 Å². The molecular formula is C20H23FN2O2. The van der Waals surface area contributed by atoms with Crippen LogP contribution in [0.25, 0.3) is 0 Å². The number of nitrogens with one attached hydrogen (secondary N) is 1. The van der Waals surface area contributed by atoms with E-state index in [2.05, 4.69) is 5.32 Å². The lowest BCUT2D eigenvalue weighted by Crippen LogP contribution is -2.39. The zero-order valence-electron chi connectivity index (χ0n) is 14.2. The van der Waals surface area contributed by atoms with E-state index in [0.717, 1.165) is 18.6 Å². The zero-order chi connectivity index (χ0) is 17.5. The second kappa shape index (κ2) is 8.62. The van der Waals surface area contributed by atoms with Gasteiger partial charge in [-0.3, -0.25) is 9.69 Å². The molecule has 1 saturated carbocycles. The number of hydrogen-bond donors (Lipinski definition) is 1. The quantitative estimate of drug-likeness (QED) is 0.713. The summed E-state index contributed by atoms with van der Waals surface area (Å²) in [6.07, 6.45) is 2.14. The third kappa shape index (κ3) is 5.57. The summed E-state index contributed by atoms with van der Waals surface area (Å²) in [5.41, 5.74) is 0.634. The third-order valence-corrected chi connectivity index (χ3v) is 4.18. The number of halogens is 1. The number of benzene rings is 2. The van der Waals surface area contributed by atoms with Crippen molar-refractivity contribution in [3.05, 3.63) is 66.0 Å². The van der Waals surface area contributed by atoms with Gasteiger partial charge >= 0.3 is 0 Å². The Balaban J connectivity index is 1.43. The average molecular weight is 342 g/mol. The molecule has 0 aliphatic heterocycles. The van der Waals surface area contributed by atoms with Crippen molar-refractivity contribution in [1.29, 1.82) is 0 Å². The molecule has 4 nitrogen and oxygen atoms in total. The fourth-order valence-corrected chi connectivity index (χ4v) is 2.72. The number of carbonyl (C=O) groups excluding carboxylic acids is 1. The number of carbonyl (C=O) groups is 1. The Kier molecular flexibility index (Phi) is 6.01. The molecule has 2 aromatic carbocycles. The Morgan fingerprint density at radius 3 is 2.56 bits per heavy atom. The van der Waals surface area contributed by atoms with E-state index in [9.17, 15) is 9.18 Å². The Morgan fingerprint density at radius 1 is 1.12 bits per heavy atom. The Morgan fingerprint density at radius 2 is 1.84 bits per heavy atom. The molecule has 0 atom stereocenters. The Labute approximate surface area is 147 Å².